The molecule has 0 radical (unpaired) electrons. The van der Waals surface area contributed by atoms with Crippen LogP contribution in [-0.2, 0) is 28.6 Å². The second-order valence-corrected chi connectivity index (χ2v) is 5.39. The Hall–Kier alpha value is -1.51. The van der Waals surface area contributed by atoms with Gasteiger partial charge in [0.15, 0.2) is 5.78 Å². The topological polar surface area (TPSA) is 103 Å². The quantitative estimate of drug-likeness (QED) is 0.414. The van der Waals surface area contributed by atoms with Gasteiger partial charge in [0.1, 0.15) is 13.2 Å². The van der Waals surface area contributed by atoms with Crippen molar-refractivity contribution in [3.63, 3.8) is 0 Å². The highest BCUT2D eigenvalue weighted by Gasteiger charge is 2.06. The van der Waals surface area contributed by atoms with Gasteiger partial charge in [-0.25, -0.2) is 0 Å². The molecule has 8 nitrogen and oxygen atoms in total. The summed E-state index contributed by atoms with van der Waals surface area (Å²) in [6.45, 7) is 7.61. The van der Waals surface area contributed by atoms with E-state index in [2.05, 4.69) is 10.6 Å². The third-order valence-electron chi connectivity index (χ3n) is 2.95. The molecular weight excluding hydrogens is 316 g/mol. The van der Waals surface area contributed by atoms with Crippen LogP contribution in [0.1, 0.15) is 30.0 Å². The summed E-state index contributed by atoms with van der Waals surface area (Å²) in [7, 11) is 0. The van der Waals surface area contributed by atoms with Crippen LogP contribution in [0.2, 0.25) is 0 Å². The second-order valence-electron chi connectivity index (χ2n) is 5.39. The van der Waals surface area contributed by atoms with Crippen molar-refractivity contribution >= 4 is 17.6 Å². The predicted octanol–water partition coefficient (Wildman–Crippen LogP) is 0.396. The summed E-state index contributed by atoms with van der Waals surface area (Å²) in [6, 6.07) is 0. The van der Waals surface area contributed by atoms with Crippen molar-refractivity contribution < 1.29 is 31.4 Å². The molecule has 0 bridgehead atoms. The first-order valence-corrected chi connectivity index (χ1v) is 8.26. The van der Waals surface area contributed by atoms with Crippen LogP contribution in [0.25, 0.3) is 0 Å². The molecule has 0 aliphatic heterocycles. The molecule has 0 aromatic heterocycles. The zero-order chi connectivity index (χ0) is 18.2. The van der Waals surface area contributed by atoms with Gasteiger partial charge in [-0.2, -0.15) is 0 Å². The number of nitrogens with one attached hydrogen (secondary N) is 2. The first-order valence-electron chi connectivity index (χ1n) is 8.26. The van der Waals surface area contributed by atoms with Crippen molar-refractivity contribution in [2.24, 2.45) is 5.92 Å². The number of hydrogen-bond donors (Lipinski definition) is 2. The molecule has 0 spiro atoms. The minimum Gasteiger partial charge on any atom is -0.377 e. The summed E-state index contributed by atoms with van der Waals surface area (Å²) < 4.78 is 15.6. The Balaban J connectivity index is -0.00000264. The number of rotatable bonds is 15. The van der Waals surface area contributed by atoms with E-state index in [1.807, 2.05) is 13.8 Å². The molecule has 0 atom stereocenters. The van der Waals surface area contributed by atoms with Crippen LogP contribution in [0.4, 0.5) is 0 Å². The fourth-order valence-electron chi connectivity index (χ4n) is 1.43. The Morgan fingerprint density at radius 3 is 2.00 bits per heavy atom. The number of Topliss-reactive ketones (excluding diaryl/α,β-unsaturated/α-hetero) is 1. The average Bonchev–Trinajstić information content (AvgIpc) is 2.56. The molecule has 2 amide bonds. The van der Waals surface area contributed by atoms with Gasteiger partial charge in [0.25, 0.3) is 0 Å². The largest absolute Gasteiger partial charge is 0.377 e. The Morgan fingerprint density at radius 2 is 1.38 bits per heavy atom. The zero-order valence-corrected chi connectivity index (χ0v) is 14.9. The van der Waals surface area contributed by atoms with E-state index in [0.29, 0.717) is 45.9 Å². The molecule has 24 heavy (non-hydrogen) atoms. The van der Waals surface area contributed by atoms with Gasteiger partial charge in [0, 0.05) is 28.3 Å². The minimum atomic E-state index is -0.237. The maximum absolute atomic E-state index is 11.4. The lowest BCUT2D eigenvalue weighted by molar-refractivity contribution is -0.128. The smallest absolute Gasteiger partial charge is 0.246 e. The fourth-order valence-corrected chi connectivity index (χ4v) is 1.43. The molecule has 0 unspecified atom stereocenters. The van der Waals surface area contributed by atoms with E-state index in [-0.39, 0.29) is 39.6 Å². The number of amides is 2. The molecule has 0 aliphatic rings. The maximum atomic E-state index is 11.4. The van der Waals surface area contributed by atoms with E-state index in [9.17, 15) is 14.4 Å². The molecular formula is C16H34N2O6. The normalized spacial score (nSPS) is 10.7. The number of ketones is 1. The Kier molecular flexibility index (Phi) is 14.1. The van der Waals surface area contributed by atoms with E-state index in [4.69, 9.17) is 14.2 Å². The van der Waals surface area contributed by atoms with Gasteiger partial charge >= 0.3 is 0 Å². The molecule has 0 saturated heterocycles. The summed E-state index contributed by atoms with van der Waals surface area (Å²) in [6.07, 6.45) is 0.430. The molecule has 0 aromatic carbocycles. The van der Waals surface area contributed by atoms with Crippen LogP contribution >= 0.6 is 0 Å². The summed E-state index contributed by atoms with van der Waals surface area (Å²) in [5.74, 6) is -0.236. The third kappa shape index (κ3) is 14.1. The maximum Gasteiger partial charge on any atom is 0.246 e. The van der Waals surface area contributed by atoms with Gasteiger partial charge in [-0.05, 0) is 0 Å². The number of carbonyl (C=O) groups is 3. The van der Waals surface area contributed by atoms with Gasteiger partial charge in [-0.15, -0.1) is 0 Å². The van der Waals surface area contributed by atoms with Crippen molar-refractivity contribution in [1.29, 1.82) is 0 Å². The van der Waals surface area contributed by atoms with Gasteiger partial charge in [-0.3, -0.25) is 14.4 Å². The first kappa shape index (κ1) is 22.5. The molecule has 0 saturated carbocycles. The first-order chi connectivity index (χ1) is 11.5. The number of hydrogen-bond acceptors (Lipinski definition) is 6. The highest BCUT2D eigenvalue weighted by Crippen LogP contribution is 1.94. The van der Waals surface area contributed by atoms with Crippen molar-refractivity contribution in [3.8, 4) is 0 Å². The predicted molar refractivity (Wildman–Crippen MR) is 92.8 cm³/mol. The van der Waals surface area contributed by atoms with Gasteiger partial charge in [0.2, 0.25) is 11.8 Å². The van der Waals surface area contributed by atoms with Crippen LogP contribution in [0.5, 0.6) is 0 Å². The van der Waals surface area contributed by atoms with Gasteiger partial charge in [-0.1, -0.05) is 20.8 Å². The summed E-state index contributed by atoms with van der Waals surface area (Å²) in [4.78, 5) is 33.7. The molecule has 0 aliphatic carbocycles. The standard InChI is InChI=1S/C16H30N2O6.2H2/c1-4-15(20)17-6-8-23-12-16(21)18-5-7-22-9-10-24-11-14(19)13(2)3;;/h13H,4-12H2,1-3H3,(H,17,20)(H,18,21);2*1H. The van der Waals surface area contributed by atoms with Crippen LogP contribution in [-0.4, -0.2) is 70.3 Å². The Bertz CT molecular complexity index is 384. The fraction of sp³-hybridized carbons (Fsp3) is 0.812. The number of carbonyl (C=O) groups excluding carboxylic acids is 3. The lowest BCUT2D eigenvalue weighted by atomic mass is 10.1. The van der Waals surface area contributed by atoms with Gasteiger partial charge < -0.3 is 24.8 Å². The molecule has 0 aromatic rings. The molecule has 8 heteroatoms. The van der Waals surface area contributed by atoms with E-state index in [1.165, 1.54) is 0 Å². The van der Waals surface area contributed by atoms with E-state index >= 15 is 0 Å². The third-order valence-corrected chi connectivity index (χ3v) is 2.95. The second kappa shape index (κ2) is 15.0. The van der Waals surface area contributed by atoms with Crippen LogP contribution in [0, 0.1) is 5.92 Å². The highest BCUT2D eigenvalue weighted by atomic mass is 16.5. The summed E-state index contributed by atoms with van der Waals surface area (Å²) in [5, 5.41) is 5.29. The highest BCUT2D eigenvalue weighted by molar-refractivity contribution is 5.81. The van der Waals surface area contributed by atoms with Crippen LogP contribution < -0.4 is 10.6 Å². The molecule has 0 rings (SSSR count). The van der Waals surface area contributed by atoms with E-state index in [1.54, 1.807) is 6.92 Å². The Labute approximate surface area is 146 Å². The lowest BCUT2D eigenvalue weighted by Crippen LogP contribution is -2.32. The summed E-state index contributed by atoms with van der Waals surface area (Å²) in [5.41, 5.74) is 0. The monoisotopic (exact) mass is 350 g/mol. The van der Waals surface area contributed by atoms with Gasteiger partial charge in [0.05, 0.1) is 26.4 Å². The molecule has 144 valence electrons. The zero-order valence-electron chi connectivity index (χ0n) is 14.9. The molecule has 2 N–H and O–H groups in total. The molecule has 0 heterocycles. The minimum absolute atomic E-state index is 0. The SMILES string of the molecule is CCC(=O)NCCOCC(=O)NCCOCCOCC(=O)C(C)C.[HH].[HH]. The van der Waals surface area contributed by atoms with Crippen LogP contribution in [0.15, 0.2) is 0 Å². The van der Waals surface area contributed by atoms with Crippen molar-refractivity contribution in [3.05, 3.63) is 0 Å². The lowest BCUT2D eigenvalue weighted by Gasteiger charge is -2.08. The number of ether oxygens (including phenoxy) is 3. The summed E-state index contributed by atoms with van der Waals surface area (Å²) >= 11 is 0. The van der Waals surface area contributed by atoms with Crippen molar-refractivity contribution in [2.45, 2.75) is 27.2 Å². The Morgan fingerprint density at radius 1 is 0.833 bits per heavy atom. The molecule has 0 fully saturated rings. The van der Waals surface area contributed by atoms with E-state index in [0.717, 1.165) is 0 Å². The average molecular weight is 350 g/mol. The van der Waals surface area contributed by atoms with Crippen LogP contribution in [0.3, 0.4) is 0 Å². The van der Waals surface area contributed by atoms with Crippen molar-refractivity contribution in [2.75, 3.05) is 52.7 Å². The van der Waals surface area contributed by atoms with E-state index < -0.39 is 0 Å². The van der Waals surface area contributed by atoms with Crippen molar-refractivity contribution in [1.82, 2.24) is 10.6 Å².